The van der Waals surface area contributed by atoms with Gasteiger partial charge in [-0.3, -0.25) is 4.90 Å². The van der Waals surface area contributed by atoms with E-state index < -0.39 is 0 Å². The van der Waals surface area contributed by atoms with E-state index in [2.05, 4.69) is 13.5 Å². The molecule has 18 heavy (non-hydrogen) atoms. The molecule has 0 aromatic heterocycles. The Hall–Kier alpha value is -1.12. The van der Waals surface area contributed by atoms with Crippen LogP contribution in [0.25, 0.3) is 6.08 Å². The van der Waals surface area contributed by atoms with Crippen molar-refractivity contribution < 1.29 is 4.74 Å². The van der Waals surface area contributed by atoms with E-state index in [4.69, 9.17) is 4.74 Å². The second-order valence-corrected chi connectivity index (χ2v) is 4.44. The third kappa shape index (κ3) is 11.4. The Morgan fingerprint density at radius 1 is 1.17 bits per heavy atom. The molecule has 0 N–H and O–H groups in total. The molecule has 2 nitrogen and oxygen atoms in total. The molecule has 0 aliphatic rings. The van der Waals surface area contributed by atoms with E-state index in [1.807, 2.05) is 55.4 Å². The highest BCUT2D eigenvalue weighted by atomic mass is 16.5. The van der Waals surface area contributed by atoms with Gasteiger partial charge in [0.15, 0.2) is 0 Å². The van der Waals surface area contributed by atoms with Gasteiger partial charge < -0.3 is 4.74 Å². The number of ether oxygens (including phenoxy) is 1. The minimum absolute atomic E-state index is 0.754. The molecule has 0 bridgehead atoms. The molecular weight excluding hydrogens is 222 g/mol. The van der Waals surface area contributed by atoms with Crippen molar-refractivity contribution in [2.24, 2.45) is 0 Å². The molecule has 0 aliphatic heterocycles. The van der Waals surface area contributed by atoms with Gasteiger partial charge in [0.05, 0.1) is 6.73 Å². The molecule has 2 heteroatoms. The van der Waals surface area contributed by atoms with Crippen LogP contribution in [0.5, 0.6) is 0 Å². The zero-order chi connectivity index (χ0) is 13.6. The first kappa shape index (κ1) is 16.9. The Bertz CT molecular complexity index is 282. The first-order valence-corrected chi connectivity index (χ1v) is 6.60. The van der Waals surface area contributed by atoms with Crippen LogP contribution in [-0.4, -0.2) is 32.3 Å². The molecule has 0 spiro atoms. The maximum Gasteiger partial charge on any atom is 0.0985 e. The number of hydrogen-bond donors (Lipinski definition) is 0. The fourth-order valence-electron chi connectivity index (χ4n) is 1.29. The summed E-state index contributed by atoms with van der Waals surface area (Å²) in [4.78, 5) is 2.03. The van der Waals surface area contributed by atoms with E-state index >= 15 is 0 Å². The van der Waals surface area contributed by atoms with Gasteiger partial charge >= 0.3 is 0 Å². The van der Waals surface area contributed by atoms with Gasteiger partial charge in [-0.2, -0.15) is 0 Å². The van der Waals surface area contributed by atoms with Crippen LogP contribution >= 0.6 is 0 Å². The topological polar surface area (TPSA) is 12.5 Å². The largest absolute Gasteiger partial charge is 0.366 e. The molecule has 0 saturated heterocycles. The number of hydrogen-bond acceptors (Lipinski definition) is 2. The molecule has 102 valence electrons. The standard InChI is InChI=1S/C8H19NO.C8H8/c1-4-5-6-7-10-8-9(2)3;1-2-8-6-4-3-5-7-8/h4-8H2,1-3H3;2-7H,1H2. The van der Waals surface area contributed by atoms with Crippen molar-refractivity contribution in [3.05, 3.63) is 42.5 Å². The van der Waals surface area contributed by atoms with Gasteiger partial charge in [0.2, 0.25) is 0 Å². The highest BCUT2D eigenvalue weighted by Crippen LogP contribution is 1.97. The van der Waals surface area contributed by atoms with Gasteiger partial charge in [-0.05, 0) is 26.1 Å². The molecule has 0 amide bonds. The van der Waals surface area contributed by atoms with Gasteiger partial charge in [0.1, 0.15) is 0 Å². The second kappa shape index (κ2) is 12.3. The Labute approximate surface area is 112 Å². The van der Waals surface area contributed by atoms with Crippen molar-refractivity contribution in [3.63, 3.8) is 0 Å². The minimum atomic E-state index is 0.754. The predicted octanol–water partition coefficient (Wildman–Crippen LogP) is 4.04. The average Bonchev–Trinajstić information content (AvgIpc) is 2.40. The maximum absolute atomic E-state index is 5.32. The smallest absolute Gasteiger partial charge is 0.0985 e. The molecule has 0 radical (unpaired) electrons. The monoisotopic (exact) mass is 249 g/mol. The maximum atomic E-state index is 5.32. The van der Waals surface area contributed by atoms with Crippen molar-refractivity contribution in [2.75, 3.05) is 27.4 Å². The van der Waals surface area contributed by atoms with Crippen molar-refractivity contribution in [2.45, 2.75) is 26.2 Å². The highest BCUT2D eigenvalue weighted by Gasteiger charge is 1.88. The lowest BCUT2D eigenvalue weighted by molar-refractivity contribution is 0.0541. The summed E-state index contributed by atoms with van der Waals surface area (Å²) in [6.07, 6.45) is 5.59. The lowest BCUT2D eigenvalue weighted by Gasteiger charge is -2.09. The Morgan fingerprint density at radius 3 is 2.28 bits per heavy atom. The van der Waals surface area contributed by atoms with Crippen LogP contribution in [0.4, 0.5) is 0 Å². The minimum Gasteiger partial charge on any atom is -0.366 e. The first-order chi connectivity index (χ1) is 8.70. The van der Waals surface area contributed by atoms with Crippen LogP contribution in [0, 0.1) is 0 Å². The zero-order valence-electron chi connectivity index (χ0n) is 12.1. The van der Waals surface area contributed by atoms with Crippen molar-refractivity contribution in [1.29, 1.82) is 0 Å². The molecular formula is C16H27NO. The summed E-state index contributed by atoms with van der Waals surface area (Å²) in [5, 5.41) is 0. The molecule has 1 aromatic rings. The van der Waals surface area contributed by atoms with Crippen LogP contribution < -0.4 is 0 Å². The van der Waals surface area contributed by atoms with Crippen molar-refractivity contribution in [1.82, 2.24) is 4.90 Å². The van der Waals surface area contributed by atoms with Crippen LogP contribution in [0.3, 0.4) is 0 Å². The summed E-state index contributed by atoms with van der Waals surface area (Å²) in [5.41, 5.74) is 1.17. The second-order valence-electron chi connectivity index (χ2n) is 4.44. The van der Waals surface area contributed by atoms with Gasteiger partial charge in [-0.25, -0.2) is 0 Å². The van der Waals surface area contributed by atoms with Crippen LogP contribution in [0.1, 0.15) is 31.7 Å². The fourth-order valence-corrected chi connectivity index (χ4v) is 1.29. The molecule has 0 atom stereocenters. The van der Waals surface area contributed by atoms with E-state index in [1.54, 1.807) is 0 Å². The van der Waals surface area contributed by atoms with Crippen molar-refractivity contribution in [3.8, 4) is 0 Å². The molecule has 1 aromatic carbocycles. The highest BCUT2D eigenvalue weighted by molar-refractivity contribution is 5.45. The third-order valence-electron chi connectivity index (χ3n) is 2.28. The lowest BCUT2D eigenvalue weighted by Crippen LogP contribution is -2.16. The summed E-state index contributed by atoms with van der Waals surface area (Å²) in [6.45, 7) is 7.49. The Balaban J connectivity index is 0.000000327. The van der Waals surface area contributed by atoms with E-state index in [0.717, 1.165) is 13.3 Å². The number of unbranched alkanes of at least 4 members (excludes halogenated alkanes) is 2. The molecule has 0 fully saturated rings. The summed E-state index contributed by atoms with van der Waals surface area (Å²) in [5.74, 6) is 0. The van der Waals surface area contributed by atoms with E-state index in [0.29, 0.717) is 0 Å². The quantitative estimate of drug-likeness (QED) is 0.534. The molecule has 1 rings (SSSR count). The normalized spacial score (nSPS) is 9.78. The van der Waals surface area contributed by atoms with E-state index in [1.165, 1.54) is 24.8 Å². The SMILES string of the molecule is C=Cc1ccccc1.CCCCCOCN(C)C. The summed E-state index contributed by atoms with van der Waals surface area (Å²) in [7, 11) is 4.03. The Morgan fingerprint density at radius 2 is 1.83 bits per heavy atom. The molecule has 0 heterocycles. The molecule has 0 aliphatic carbocycles. The molecule has 0 unspecified atom stereocenters. The lowest BCUT2D eigenvalue weighted by atomic mass is 10.2. The zero-order valence-corrected chi connectivity index (χ0v) is 12.1. The van der Waals surface area contributed by atoms with Gasteiger partial charge in [-0.1, -0.05) is 62.8 Å². The van der Waals surface area contributed by atoms with E-state index in [9.17, 15) is 0 Å². The van der Waals surface area contributed by atoms with E-state index in [-0.39, 0.29) is 0 Å². The van der Waals surface area contributed by atoms with Crippen molar-refractivity contribution >= 4 is 6.08 Å². The number of benzene rings is 1. The first-order valence-electron chi connectivity index (χ1n) is 6.60. The van der Waals surface area contributed by atoms with Crippen LogP contribution in [0.2, 0.25) is 0 Å². The van der Waals surface area contributed by atoms with Gasteiger partial charge in [0.25, 0.3) is 0 Å². The number of rotatable bonds is 7. The molecule has 0 saturated carbocycles. The summed E-state index contributed by atoms with van der Waals surface area (Å²) >= 11 is 0. The Kier molecular flexibility index (Phi) is 11.6. The number of nitrogens with zero attached hydrogens (tertiary/aromatic N) is 1. The summed E-state index contributed by atoms with van der Waals surface area (Å²) in [6, 6.07) is 10.0. The van der Waals surface area contributed by atoms with Crippen LogP contribution in [-0.2, 0) is 4.74 Å². The fraction of sp³-hybridized carbons (Fsp3) is 0.500. The third-order valence-corrected chi connectivity index (χ3v) is 2.28. The predicted molar refractivity (Wildman–Crippen MR) is 80.6 cm³/mol. The average molecular weight is 249 g/mol. The van der Waals surface area contributed by atoms with Gasteiger partial charge in [0, 0.05) is 6.61 Å². The van der Waals surface area contributed by atoms with Crippen LogP contribution in [0.15, 0.2) is 36.9 Å². The van der Waals surface area contributed by atoms with Gasteiger partial charge in [-0.15, -0.1) is 0 Å². The summed E-state index contributed by atoms with van der Waals surface area (Å²) < 4.78 is 5.32.